The molecular weight excluding hydrogens is 420 g/mol. The van der Waals surface area contributed by atoms with Gasteiger partial charge in [0, 0.05) is 19.6 Å². The van der Waals surface area contributed by atoms with Crippen LogP contribution in [0.3, 0.4) is 0 Å². The van der Waals surface area contributed by atoms with Crippen LogP contribution in [0.15, 0.2) is 59.8 Å². The Hall–Kier alpha value is -2.80. The van der Waals surface area contributed by atoms with Crippen LogP contribution in [-0.4, -0.2) is 51.5 Å². The molecule has 1 fully saturated rings. The molecule has 2 heterocycles. The maximum Gasteiger partial charge on any atom is 0.233 e. The Bertz CT molecular complexity index is 1010. The van der Waals surface area contributed by atoms with Crippen LogP contribution in [0.25, 0.3) is 11.4 Å². The molecule has 1 aliphatic heterocycles. The van der Waals surface area contributed by atoms with E-state index in [1.54, 1.807) is 7.11 Å². The average Bonchev–Trinajstić information content (AvgIpc) is 3.04. The van der Waals surface area contributed by atoms with Crippen LogP contribution in [0.4, 0.5) is 0 Å². The highest BCUT2D eigenvalue weighted by Crippen LogP contribution is 2.31. The summed E-state index contributed by atoms with van der Waals surface area (Å²) in [6.07, 6.45) is 5.48. The van der Waals surface area contributed by atoms with Crippen LogP contribution in [-0.2, 0) is 17.8 Å². The van der Waals surface area contributed by atoms with Gasteiger partial charge in [0.05, 0.1) is 18.4 Å². The van der Waals surface area contributed by atoms with Gasteiger partial charge in [-0.15, -0.1) is 10.2 Å². The van der Waals surface area contributed by atoms with E-state index in [0.29, 0.717) is 5.75 Å². The monoisotopic (exact) mass is 450 g/mol. The lowest BCUT2D eigenvalue weighted by Crippen LogP contribution is -2.33. The van der Waals surface area contributed by atoms with E-state index in [0.717, 1.165) is 61.2 Å². The van der Waals surface area contributed by atoms with E-state index in [4.69, 9.17) is 4.74 Å². The van der Waals surface area contributed by atoms with Crippen molar-refractivity contribution in [1.29, 1.82) is 0 Å². The number of aryl methyl sites for hydroxylation is 1. The summed E-state index contributed by atoms with van der Waals surface area (Å²) >= 11 is 1.48. The quantitative estimate of drug-likeness (QED) is 0.466. The SMILES string of the molecule is COc1ccccc1-c1nnc(SCC(=O)N2CCCCCC2)n1CCc1ccccc1. The average molecular weight is 451 g/mol. The van der Waals surface area contributed by atoms with Crippen LogP contribution < -0.4 is 4.74 Å². The van der Waals surface area contributed by atoms with Crippen molar-refractivity contribution in [2.45, 2.75) is 43.8 Å². The van der Waals surface area contributed by atoms with Gasteiger partial charge < -0.3 is 14.2 Å². The molecular formula is C25H30N4O2S. The number of rotatable bonds is 8. The fourth-order valence-corrected chi connectivity index (χ4v) is 4.92. The maximum atomic E-state index is 12.8. The van der Waals surface area contributed by atoms with Gasteiger partial charge in [-0.1, -0.05) is 67.1 Å². The van der Waals surface area contributed by atoms with E-state index in [1.807, 2.05) is 35.2 Å². The summed E-state index contributed by atoms with van der Waals surface area (Å²) in [7, 11) is 1.67. The predicted molar refractivity (Wildman–Crippen MR) is 128 cm³/mol. The van der Waals surface area contributed by atoms with Gasteiger partial charge in [-0.2, -0.15) is 0 Å². The largest absolute Gasteiger partial charge is 0.496 e. The molecule has 32 heavy (non-hydrogen) atoms. The molecule has 0 aliphatic carbocycles. The van der Waals surface area contributed by atoms with Crippen molar-refractivity contribution in [2.24, 2.45) is 0 Å². The molecule has 1 aromatic heterocycles. The zero-order valence-electron chi connectivity index (χ0n) is 18.6. The second-order valence-electron chi connectivity index (χ2n) is 7.98. The van der Waals surface area contributed by atoms with E-state index in [1.165, 1.54) is 30.2 Å². The van der Waals surface area contributed by atoms with Gasteiger partial charge in [0.1, 0.15) is 5.75 Å². The normalized spacial score (nSPS) is 14.2. The molecule has 6 nitrogen and oxygen atoms in total. The van der Waals surface area contributed by atoms with E-state index >= 15 is 0 Å². The van der Waals surface area contributed by atoms with Crippen LogP contribution in [0.1, 0.15) is 31.2 Å². The van der Waals surface area contributed by atoms with Gasteiger partial charge in [-0.25, -0.2) is 0 Å². The molecule has 1 aliphatic rings. The van der Waals surface area contributed by atoms with E-state index in [-0.39, 0.29) is 5.91 Å². The fraction of sp³-hybridized carbons (Fsp3) is 0.400. The number of methoxy groups -OCH3 is 1. The Morgan fingerprint density at radius 3 is 2.44 bits per heavy atom. The Kier molecular flexibility index (Phi) is 7.82. The highest BCUT2D eigenvalue weighted by atomic mass is 32.2. The van der Waals surface area contributed by atoms with Gasteiger partial charge in [-0.05, 0) is 37.0 Å². The number of carbonyl (C=O) groups is 1. The summed E-state index contributed by atoms with van der Waals surface area (Å²) in [6, 6.07) is 18.2. The molecule has 168 valence electrons. The summed E-state index contributed by atoms with van der Waals surface area (Å²) in [5.74, 6) is 2.10. The number of hydrogen-bond donors (Lipinski definition) is 0. The Labute approximate surface area is 194 Å². The summed E-state index contributed by atoms with van der Waals surface area (Å²) in [4.78, 5) is 14.8. The molecule has 1 saturated heterocycles. The van der Waals surface area contributed by atoms with Crippen molar-refractivity contribution in [1.82, 2.24) is 19.7 Å². The minimum Gasteiger partial charge on any atom is -0.496 e. The van der Waals surface area contributed by atoms with Crippen LogP contribution >= 0.6 is 11.8 Å². The lowest BCUT2D eigenvalue weighted by atomic mass is 10.1. The number of ether oxygens (including phenoxy) is 1. The van der Waals surface area contributed by atoms with Crippen molar-refractivity contribution < 1.29 is 9.53 Å². The third kappa shape index (κ3) is 5.51. The van der Waals surface area contributed by atoms with E-state index in [2.05, 4.69) is 39.0 Å². The highest BCUT2D eigenvalue weighted by molar-refractivity contribution is 7.99. The summed E-state index contributed by atoms with van der Waals surface area (Å²) in [6.45, 7) is 2.46. The Morgan fingerprint density at radius 1 is 0.969 bits per heavy atom. The molecule has 0 bridgehead atoms. The van der Waals surface area contributed by atoms with Crippen LogP contribution in [0.5, 0.6) is 5.75 Å². The molecule has 0 N–H and O–H groups in total. The van der Waals surface area contributed by atoms with Crippen molar-refractivity contribution in [3.63, 3.8) is 0 Å². The molecule has 1 amide bonds. The molecule has 7 heteroatoms. The molecule has 0 radical (unpaired) electrons. The van der Waals surface area contributed by atoms with Gasteiger partial charge in [0.15, 0.2) is 11.0 Å². The summed E-state index contributed by atoms with van der Waals surface area (Å²) in [5.41, 5.74) is 2.16. The standard InChI is InChI=1S/C25H30N4O2S/c1-31-22-14-8-7-13-21(22)24-26-27-25(29(24)18-15-20-11-5-4-6-12-20)32-19-23(30)28-16-9-2-3-10-17-28/h4-8,11-14H,2-3,9-10,15-19H2,1H3. The number of thioether (sulfide) groups is 1. The molecule has 0 unspecified atom stereocenters. The number of carbonyl (C=O) groups excluding carboxylic acids is 1. The van der Waals surface area contributed by atoms with Gasteiger partial charge in [0.2, 0.25) is 5.91 Å². The second-order valence-corrected chi connectivity index (χ2v) is 8.92. The molecule has 2 aromatic carbocycles. The smallest absolute Gasteiger partial charge is 0.233 e. The number of amides is 1. The number of benzene rings is 2. The third-order valence-electron chi connectivity index (χ3n) is 5.82. The minimum absolute atomic E-state index is 0.188. The molecule has 0 spiro atoms. The maximum absolute atomic E-state index is 12.8. The van der Waals surface area contributed by atoms with Crippen LogP contribution in [0, 0.1) is 0 Å². The number of aromatic nitrogens is 3. The van der Waals surface area contributed by atoms with Crippen molar-refractivity contribution in [3.05, 3.63) is 60.2 Å². The predicted octanol–water partition coefficient (Wildman–Crippen LogP) is 4.69. The van der Waals surface area contributed by atoms with E-state index in [9.17, 15) is 4.79 Å². The number of para-hydroxylation sites is 1. The van der Waals surface area contributed by atoms with Crippen molar-refractivity contribution in [2.75, 3.05) is 26.0 Å². The zero-order valence-corrected chi connectivity index (χ0v) is 19.4. The third-order valence-corrected chi connectivity index (χ3v) is 6.77. The molecule has 3 aromatic rings. The molecule has 0 saturated carbocycles. The van der Waals surface area contributed by atoms with Gasteiger partial charge in [0.25, 0.3) is 0 Å². The second kappa shape index (κ2) is 11.2. The first kappa shape index (κ1) is 22.4. The lowest BCUT2D eigenvalue weighted by Gasteiger charge is -2.20. The number of hydrogen-bond acceptors (Lipinski definition) is 5. The summed E-state index contributed by atoms with van der Waals surface area (Å²) in [5, 5.41) is 9.73. The zero-order chi connectivity index (χ0) is 22.2. The summed E-state index contributed by atoms with van der Waals surface area (Å²) < 4.78 is 7.68. The number of likely N-dealkylation sites (tertiary alicyclic amines) is 1. The van der Waals surface area contributed by atoms with E-state index < -0.39 is 0 Å². The topological polar surface area (TPSA) is 60.3 Å². The highest BCUT2D eigenvalue weighted by Gasteiger charge is 2.20. The van der Waals surface area contributed by atoms with Crippen LogP contribution in [0.2, 0.25) is 0 Å². The van der Waals surface area contributed by atoms with Crippen molar-refractivity contribution in [3.8, 4) is 17.1 Å². The fourth-order valence-electron chi connectivity index (χ4n) is 4.05. The molecule has 4 rings (SSSR count). The van der Waals surface area contributed by atoms with Gasteiger partial charge in [-0.3, -0.25) is 4.79 Å². The lowest BCUT2D eigenvalue weighted by molar-refractivity contribution is -0.128. The minimum atomic E-state index is 0.188. The first-order chi connectivity index (χ1) is 15.8. The Morgan fingerprint density at radius 2 is 1.69 bits per heavy atom. The molecule has 0 atom stereocenters. The Balaban J connectivity index is 1.55. The van der Waals surface area contributed by atoms with Gasteiger partial charge >= 0.3 is 0 Å². The number of nitrogens with zero attached hydrogens (tertiary/aromatic N) is 4. The van der Waals surface area contributed by atoms with Crippen molar-refractivity contribution >= 4 is 17.7 Å². The first-order valence-corrected chi connectivity index (χ1v) is 12.3. The first-order valence-electron chi connectivity index (χ1n) is 11.3.